The summed E-state index contributed by atoms with van der Waals surface area (Å²) in [6.07, 6.45) is 0.817. The Labute approximate surface area is 160 Å². The third kappa shape index (κ3) is 4.09. The van der Waals surface area contributed by atoms with E-state index < -0.39 is 0 Å². The minimum absolute atomic E-state index is 0.151. The minimum atomic E-state index is -0.260. The summed E-state index contributed by atoms with van der Waals surface area (Å²) in [6, 6.07) is 28.1. The summed E-state index contributed by atoms with van der Waals surface area (Å²) in [4.78, 5) is 12.7. The number of nitrogens with one attached hydrogen (secondary N) is 1. The van der Waals surface area contributed by atoms with E-state index in [1.807, 2.05) is 60.7 Å². The Hall–Kier alpha value is -2.91. The van der Waals surface area contributed by atoms with Gasteiger partial charge in [0.2, 0.25) is 0 Å². The summed E-state index contributed by atoms with van der Waals surface area (Å²) in [5.41, 5.74) is 4.05. The van der Waals surface area contributed by atoms with E-state index in [4.69, 9.17) is 4.74 Å². The van der Waals surface area contributed by atoms with Crippen LogP contribution >= 0.6 is 0 Å². The second kappa shape index (κ2) is 8.19. The average Bonchev–Trinajstić information content (AvgIpc) is 2.75. The van der Waals surface area contributed by atoms with Crippen LogP contribution in [0.5, 0.6) is 0 Å². The van der Waals surface area contributed by atoms with Gasteiger partial charge in [-0.2, -0.15) is 0 Å². The molecule has 0 unspecified atom stereocenters. The molecule has 0 spiro atoms. The largest absolute Gasteiger partial charge is 0.457 e. The number of carbonyl (C=O) groups excluding carboxylic acids is 1. The second-order valence-corrected chi connectivity index (χ2v) is 6.90. The van der Waals surface area contributed by atoms with E-state index in [2.05, 4.69) is 29.6 Å². The van der Waals surface area contributed by atoms with Crippen molar-refractivity contribution in [1.29, 1.82) is 0 Å². The van der Waals surface area contributed by atoms with Gasteiger partial charge < -0.3 is 10.1 Å². The SMILES string of the molecule is O=C(O[C@H]1CNCC[C@@H]1c1ccccc1)c1ccc(-c2ccccc2)cc1. The zero-order valence-corrected chi connectivity index (χ0v) is 15.2. The number of hydrogen-bond acceptors (Lipinski definition) is 3. The fourth-order valence-electron chi connectivity index (χ4n) is 3.67. The van der Waals surface area contributed by atoms with Gasteiger partial charge in [-0.15, -0.1) is 0 Å². The van der Waals surface area contributed by atoms with Gasteiger partial charge in [0.05, 0.1) is 5.56 Å². The van der Waals surface area contributed by atoms with Crippen molar-refractivity contribution in [2.24, 2.45) is 0 Å². The second-order valence-electron chi connectivity index (χ2n) is 6.90. The van der Waals surface area contributed by atoms with Crippen molar-refractivity contribution >= 4 is 5.97 Å². The Kier molecular flexibility index (Phi) is 5.31. The molecule has 0 saturated carbocycles. The molecule has 1 aliphatic heterocycles. The summed E-state index contributed by atoms with van der Waals surface area (Å²) >= 11 is 0. The molecule has 136 valence electrons. The van der Waals surface area contributed by atoms with Gasteiger partial charge in [-0.05, 0) is 41.8 Å². The standard InChI is InChI=1S/C24H23NO2/c26-24(21-13-11-19(12-14-21)18-7-3-1-4-8-18)27-23-17-25-16-15-22(23)20-9-5-2-6-10-20/h1-14,22-23,25H,15-17H2/t22-,23+/m1/s1. The first kappa shape index (κ1) is 17.5. The highest BCUT2D eigenvalue weighted by Crippen LogP contribution is 2.28. The van der Waals surface area contributed by atoms with Crippen molar-refractivity contribution in [3.63, 3.8) is 0 Å². The predicted molar refractivity (Wildman–Crippen MR) is 108 cm³/mol. The van der Waals surface area contributed by atoms with Gasteiger partial charge in [0.25, 0.3) is 0 Å². The molecule has 0 aromatic heterocycles. The number of hydrogen-bond donors (Lipinski definition) is 1. The first-order chi connectivity index (χ1) is 13.3. The Morgan fingerprint density at radius 1 is 0.815 bits per heavy atom. The summed E-state index contributed by atoms with van der Waals surface area (Å²) in [5, 5.41) is 3.34. The lowest BCUT2D eigenvalue weighted by atomic mass is 9.88. The Balaban J connectivity index is 1.47. The fraction of sp³-hybridized carbons (Fsp3) is 0.208. The molecular formula is C24H23NO2. The Morgan fingerprint density at radius 2 is 1.44 bits per heavy atom. The van der Waals surface area contributed by atoms with Gasteiger partial charge in [0, 0.05) is 12.5 Å². The lowest BCUT2D eigenvalue weighted by Crippen LogP contribution is -2.42. The van der Waals surface area contributed by atoms with E-state index in [0.717, 1.165) is 24.1 Å². The molecular weight excluding hydrogens is 334 g/mol. The van der Waals surface area contributed by atoms with Crippen LogP contribution in [-0.2, 0) is 4.74 Å². The number of esters is 1. The minimum Gasteiger partial charge on any atom is -0.457 e. The molecule has 0 aliphatic carbocycles. The average molecular weight is 357 g/mol. The molecule has 3 heteroatoms. The van der Waals surface area contributed by atoms with Crippen LogP contribution in [0.25, 0.3) is 11.1 Å². The summed E-state index contributed by atoms with van der Waals surface area (Å²) in [5.74, 6) is -0.0239. The molecule has 3 aromatic carbocycles. The molecule has 4 rings (SSSR count). The molecule has 0 bridgehead atoms. The van der Waals surface area contributed by atoms with E-state index in [-0.39, 0.29) is 18.0 Å². The van der Waals surface area contributed by atoms with Gasteiger partial charge >= 0.3 is 5.97 Å². The fourth-order valence-corrected chi connectivity index (χ4v) is 3.67. The molecule has 3 nitrogen and oxygen atoms in total. The summed E-state index contributed by atoms with van der Waals surface area (Å²) < 4.78 is 5.89. The summed E-state index contributed by atoms with van der Waals surface area (Å²) in [7, 11) is 0. The maximum absolute atomic E-state index is 12.7. The Bertz CT molecular complexity index is 875. The van der Waals surface area contributed by atoms with Crippen LogP contribution in [0.1, 0.15) is 28.3 Å². The van der Waals surface area contributed by atoms with E-state index in [9.17, 15) is 4.79 Å². The monoisotopic (exact) mass is 357 g/mol. The highest BCUT2D eigenvalue weighted by atomic mass is 16.5. The maximum Gasteiger partial charge on any atom is 0.338 e. The molecule has 1 fully saturated rings. The molecule has 3 aromatic rings. The van der Waals surface area contributed by atoms with E-state index >= 15 is 0 Å². The van der Waals surface area contributed by atoms with Crippen molar-refractivity contribution in [1.82, 2.24) is 5.32 Å². The topological polar surface area (TPSA) is 38.3 Å². The van der Waals surface area contributed by atoms with Gasteiger partial charge in [0.1, 0.15) is 6.10 Å². The lowest BCUT2D eigenvalue weighted by molar-refractivity contribution is 0.0182. The van der Waals surface area contributed by atoms with Crippen molar-refractivity contribution < 1.29 is 9.53 Å². The predicted octanol–water partition coefficient (Wildman–Crippen LogP) is 4.66. The van der Waals surface area contributed by atoms with Gasteiger partial charge in [-0.3, -0.25) is 0 Å². The highest BCUT2D eigenvalue weighted by molar-refractivity contribution is 5.90. The molecule has 1 aliphatic rings. The Morgan fingerprint density at radius 3 is 2.15 bits per heavy atom. The smallest absolute Gasteiger partial charge is 0.338 e. The first-order valence-corrected chi connectivity index (χ1v) is 9.43. The van der Waals surface area contributed by atoms with Crippen LogP contribution in [0, 0.1) is 0 Å². The molecule has 27 heavy (non-hydrogen) atoms. The zero-order chi connectivity index (χ0) is 18.5. The number of carbonyl (C=O) groups is 1. The van der Waals surface area contributed by atoms with Gasteiger partial charge in [-0.1, -0.05) is 72.8 Å². The first-order valence-electron chi connectivity index (χ1n) is 9.43. The zero-order valence-electron chi connectivity index (χ0n) is 15.2. The normalized spacial score (nSPS) is 19.4. The molecule has 0 amide bonds. The summed E-state index contributed by atoms with van der Waals surface area (Å²) in [6.45, 7) is 1.63. The highest BCUT2D eigenvalue weighted by Gasteiger charge is 2.29. The van der Waals surface area contributed by atoms with Crippen molar-refractivity contribution in [2.45, 2.75) is 18.4 Å². The van der Waals surface area contributed by atoms with Crippen LogP contribution in [0.4, 0.5) is 0 Å². The van der Waals surface area contributed by atoms with Crippen LogP contribution in [0.3, 0.4) is 0 Å². The third-order valence-electron chi connectivity index (χ3n) is 5.14. The molecule has 1 N–H and O–H groups in total. The molecule has 2 atom stereocenters. The van der Waals surface area contributed by atoms with Gasteiger partial charge in [0.15, 0.2) is 0 Å². The number of piperidine rings is 1. The van der Waals surface area contributed by atoms with Crippen molar-refractivity contribution in [2.75, 3.05) is 13.1 Å². The van der Waals surface area contributed by atoms with E-state index in [0.29, 0.717) is 12.1 Å². The third-order valence-corrected chi connectivity index (χ3v) is 5.14. The quantitative estimate of drug-likeness (QED) is 0.691. The molecule has 1 heterocycles. The number of rotatable bonds is 4. The van der Waals surface area contributed by atoms with Crippen molar-refractivity contribution in [3.8, 4) is 11.1 Å². The lowest BCUT2D eigenvalue weighted by Gasteiger charge is -2.32. The molecule has 0 radical (unpaired) electrons. The van der Waals surface area contributed by atoms with E-state index in [1.165, 1.54) is 5.56 Å². The van der Waals surface area contributed by atoms with Gasteiger partial charge in [-0.25, -0.2) is 4.79 Å². The van der Waals surface area contributed by atoms with E-state index in [1.54, 1.807) is 0 Å². The van der Waals surface area contributed by atoms with Crippen LogP contribution in [-0.4, -0.2) is 25.2 Å². The number of benzene rings is 3. The number of ether oxygens (including phenoxy) is 1. The van der Waals surface area contributed by atoms with Crippen LogP contribution in [0.15, 0.2) is 84.9 Å². The molecule has 1 saturated heterocycles. The van der Waals surface area contributed by atoms with Crippen LogP contribution in [0.2, 0.25) is 0 Å². The van der Waals surface area contributed by atoms with Crippen LogP contribution < -0.4 is 5.32 Å². The maximum atomic E-state index is 12.7. The van der Waals surface area contributed by atoms with Crippen molar-refractivity contribution in [3.05, 3.63) is 96.1 Å².